The van der Waals surface area contributed by atoms with Gasteiger partial charge < -0.3 is 0 Å². The largest absolute Gasteiger partial charge is 0.277 e. The number of hydrogen-bond acceptors (Lipinski definition) is 10. The number of hydrogen-bond donors (Lipinski definition) is 2. The first-order valence-electron chi connectivity index (χ1n) is 16.2. The molecule has 0 saturated carbocycles. The molecule has 0 fully saturated rings. The minimum Gasteiger partial charge on any atom is -0.277 e. The van der Waals surface area contributed by atoms with Gasteiger partial charge in [-0.3, -0.25) is 20.8 Å². The lowest BCUT2D eigenvalue weighted by atomic mass is 10.1. The fourth-order valence-corrected chi connectivity index (χ4v) is 5.72. The van der Waals surface area contributed by atoms with Crippen LogP contribution in [0.1, 0.15) is 27.7 Å². The van der Waals surface area contributed by atoms with E-state index in [1.165, 1.54) is 0 Å². The lowest BCUT2D eigenvalue weighted by molar-refractivity contribution is 1.34. The van der Waals surface area contributed by atoms with Crippen molar-refractivity contribution < 1.29 is 0 Å². The van der Waals surface area contributed by atoms with Gasteiger partial charge >= 0.3 is 0 Å². The molecular formula is C40H34N10. The van der Waals surface area contributed by atoms with Crippen LogP contribution in [0.4, 0.5) is 34.1 Å². The molecule has 0 amide bonds. The van der Waals surface area contributed by atoms with Crippen LogP contribution in [0.2, 0.25) is 0 Å². The highest BCUT2D eigenvalue weighted by Crippen LogP contribution is 2.31. The predicted molar refractivity (Wildman–Crippen MR) is 210 cm³/mol. The van der Waals surface area contributed by atoms with E-state index in [9.17, 15) is 0 Å². The maximum Gasteiger partial charge on any atom is 0.126 e. The summed E-state index contributed by atoms with van der Waals surface area (Å²) in [6.07, 6.45) is 3.56. The van der Waals surface area contributed by atoms with Gasteiger partial charge in [0.15, 0.2) is 0 Å². The van der Waals surface area contributed by atoms with Gasteiger partial charge in [-0.2, -0.15) is 10.2 Å². The van der Waals surface area contributed by atoms with E-state index in [2.05, 4.69) is 20.8 Å². The summed E-state index contributed by atoms with van der Waals surface area (Å²) in [6, 6.07) is 35.1. The van der Waals surface area contributed by atoms with Crippen molar-refractivity contribution in [3.05, 3.63) is 122 Å². The smallest absolute Gasteiger partial charge is 0.126 e. The molecule has 0 saturated heterocycles. The molecule has 2 aromatic heterocycles. The van der Waals surface area contributed by atoms with Crippen LogP contribution in [0, 0.1) is 0 Å². The predicted octanol–water partition coefficient (Wildman–Crippen LogP) is 9.80. The van der Waals surface area contributed by atoms with E-state index >= 15 is 0 Å². The second-order valence-electron chi connectivity index (χ2n) is 11.7. The van der Waals surface area contributed by atoms with Gasteiger partial charge in [0, 0.05) is 23.2 Å². The van der Waals surface area contributed by atoms with E-state index in [1.54, 1.807) is 12.4 Å². The minimum absolute atomic E-state index is 0.588. The van der Waals surface area contributed by atoms with Crippen LogP contribution in [0.3, 0.4) is 0 Å². The molecule has 6 aromatic rings. The summed E-state index contributed by atoms with van der Waals surface area (Å²) in [4.78, 5) is 29.2. The molecule has 50 heavy (non-hydrogen) atoms. The Labute approximate surface area is 289 Å². The number of aliphatic imine (C=N–C) groups is 4. The van der Waals surface area contributed by atoms with Crippen molar-refractivity contribution in [2.45, 2.75) is 27.7 Å². The number of para-hydroxylation sites is 4. The topological polar surface area (TPSA) is 124 Å². The summed E-state index contributed by atoms with van der Waals surface area (Å²) < 4.78 is 0. The molecule has 0 bridgehead atoms. The van der Waals surface area contributed by atoms with Crippen LogP contribution < -0.4 is 10.9 Å². The Morgan fingerprint density at radius 3 is 1.12 bits per heavy atom. The van der Waals surface area contributed by atoms with Crippen molar-refractivity contribution in [3.63, 3.8) is 0 Å². The first-order chi connectivity index (χ1) is 24.4. The molecule has 0 spiro atoms. The van der Waals surface area contributed by atoms with Crippen molar-refractivity contribution >= 4 is 90.2 Å². The molecule has 1 aliphatic rings. The Hall–Kier alpha value is -6.68. The van der Waals surface area contributed by atoms with Crippen LogP contribution in [-0.4, -0.2) is 44.2 Å². The van der Waals surface area contributed by atoms with Gasteiger partial charge in [-0.25, -0.2) is 20.0 Å². The van der Waals surface area contributed by atoms with E-state index in [4.69, 9.17) is 30.2 Å². The SMILES string of the molecule is CC1=Nc2ccccc2N=C(C)C(=NNc2cccc3ncccc23)C(C)=Nc2ccccc2N=C(C)C1=NNc1cccc2ncccc12. The van der Waals surface area contributed by atoms with Crippen LogP contribution >= 0.6 is 0 Å². The molecule has 7 rings (SSSR count). The molecule has 0 unspecified atom stereocenters. The van der Waals surface area contributed by atoms with Crippen molar-refractivity contribution in [2.24, 2.45) is 30.2 Å². The van der Waals surface area contributed by atoms with E-state index < -0.39 is 0 Å². The number of pyridine rings is 2. The monoisotopic (exact) mass is 654 g/mol. The highest BCUT2D eigenvalue weighted by molar-refractivity contribution is 6.69. The molecule has 1 aliphatic heterocycles. The highest BCUT2D eigenvalue weighted by atomic mass is 15.3. The van der Waals surface area contributed by atoms with E-state index in [0.29, 0.717) is 57.0 Å². The third kappa shape index (κ3) is 6.81. The fourth-order valence-electron chi connectivity index (χ4n) is 5.72. The molecule has 0 radical (unpaired) electrons. The van der Waals surface area contributed by atoms with Crippen LogP contribution in [0.5, 0.6) is 0 Å². The molecule has 10 nitrogen and oxygen atoms in total. The van der Waals surface area contributed by atoms with Gasteiger partial charge in [0.1, 0.15) is 11.4 Å². The fraction of sp³-hybridized carbons (Fsp3) is 0.100. The van der Waals surface area contributed by atoms with Crippen molar-refractivity contribution in [3.8, 4) is 0 Å². The quantitative estimate of drug-likeness (QED) is 0.184. The molecule has 244 valence electrons. The molecule has 0 aliphatic carbocycles. The standard InChI is InChI=1S/C40H34N10/c1-25-39(49-47-33-21-9-19-31-29(33)13-11-23-41-31)26(2)44-37-17-7-8-18-38(37)46-28(4)40(27(3)45-36-16-6-5-15-35(36)43-25)50-48-34-22-10-20-32-30(34)14-12-24-42-32/h5-24,47-48H,1-4H3. The van der Waals surface area contributed by atoms with Crippen molar-refractivity contribution in [1.82, 2.24) is 9.97 Å². The van der Waals surface area contributed by atoms with E-state index in [-0.39, 0.29) is 0 Å². The van der Waals surface area contributed by atoms with Gasteiger partial charge in [0.25, 0.3) is 0 Å². The van der Waals surface area contributed by atoms with Gasteiger partial charge in [-0.15, -0.1) is 0 Å². The van der Waals surface area contributed by atoms with Crippen molar-refractivity contribution in [2.75, 3.05) is 10.9 Å². The summed E-state index contributed by atoms with van der Waals surface area (Å²) in [5.41, 5.74) is 16.4. The summed E-state index contributed by atoms with van der Waals surface area (Å²) in [5, 5.41) is 11.7. The van der Waals surface area contributed by atoms with Gasteiger partial charge in [-0.05, 0) is 100 Å². The Kier molecular flexibility index (Phi) is 9.06. The number of aromatic nitrogens is 2. The van der Waals surface area contributed by atoms with Crippen LogP contribution in [0.25, 0.3) is 21.8 Å². The summed E-state index contributed by atoms with van der Waals surface area (Å²) in [7, 11) is 0. The third-order valence-corrected chi connectivity index (χ3v) is 8.15. The average Bonchev–Trinajstić information content (AvgIpc) is 3.13. The summed E-state index contributed by atoms with van der Waals surface area (Å²) in [6.45, 7) is 7.70. The maximum atomic E-state index is 5.05. The van der Waals surface area contributed by atoms with Crippen molar-refractivity contribution in [1.29, 1.82) is 0 Å². The summed E-state index contributed by atoms with van der Waals surface area (Å²) >= 11 is 0. The molecule has 10 heteroatoms. The lowest BCUT2D eigenvalue weighted by Gasteiger charge is -2.13. The molecule has 4 aromatic carbocycles. The van der Waals surface area contributed by atoms with E-state index in [1.807, 2.05) is 137 Å². The third-order valence-electron chi connectivity index (χ3n) is 8.15. The lowest BCUT2D eigenvalue weighted by Crippen LogP contribution is -2.22. The Morgan fingerprint density at radius 1 is 0.400 bits per heavy atom. The van der Waals surface area contributed by atoms with Gasteiger partial charge in [0.2, 0.25) is 0 Å². The van der Waals surface area contributed by atoms with Crippen LogP contribution in [-0.2, 0) is 0 Å². The number of nitrogens with one attached hydrogen (secondary N) is 2. The first kappa shape index (κ1) is 31.9. The highest BCUT2D eigenvalue weighted by Gasteiger charge is 2.16. The Morgan fingerprint density at radius 2 is 0.760 bits per heavy atom. The second-order valence-corrected chi connectivity index (χ2v) is 11.7. The number of hydrazone groups is 2. The Bertz CT molecular complexity index is 2170. The zero-order valence-corrected chi connectivity index (χ0v) is 28.1. The maximum absolute atomic E-state index is 5.05. The number of fused-ring (bicyclic) bond motifs is 4. The Balaban J connectivity index is 1.37. The first-order valence-corrected chi connectivity index (χ1v) is 16.2. The average molecular weight is 655 g/mol. The van der Waals surface area contributed by atoms with Gasteiger partial charge in [0.05, 0.1) is 68.0 Å². The molecule has 2 N–H and O–H groups in total. The van der Waals surface area contributed by atoms with Crippen LogP contribution in [0.15, 0.2) is 152 Å². The van der Waals surface area contributed by atoms with Gasteiger partial charge in [-0.1, -0.05) is 36.4 Å². The molecule has 3 heterocycles. The number of benzene rings is 4. The minimum atomic E-state index is 0.588. The number of nitrogens with zero attached hydrogens (tertiary/aromatic N) is 8. The number of anilines is 2. The zero-order valence-electron chi connectivity index (χ0n) is 28.1. The zero-order chi connectivity index (χ0) is 34.5. The van der Waals surface area contributed by atoms with E-state index in [0.717, 1.165) is 33.2 Å². The number of rotatable bonds is 4. The summed E-state index contributed by atoms with van der Waals surface area (Å²) in [5.74, 6) is 0. The second kappa shape index (κ2) is 14.2. The normalized spacial score (nSPS) is 13.6. The molecule has 0 atom stereocenters. The molecular weight excluding hydrogens is 621 g/mol.